The average Bonchev–Trinajstić information content (AvgIpc) is 2.30. The molecule has 0 fully saturated rings. The number of pyridine rings is 2. The molecule has 2 heterocycles. The molecule has 0 saturated heterocycles. The standard InChI is InChI=1S/C11H8N2O.ClH/c14-11(9-3-1-5-12-7-9)10-4-2-6-13-8-10;/h1-8H;1H. The molecule has 0 radical (unpaired) electrons. The van der Waals surface area contributed by atoms with E-state index >= 15 is 0 Å². The molecule has 0 spiro atoms. The van der Waals surface area contributed by atoms with Crippen LogP contribution >= 0.6 is 12.4 Å². The van der Waals surface area contributed by atoms with Crippen LogP contribution in [0.5, 0.6) is 0 Å². The van der Waals surface area contributed by atoms with Gasteiger partial charge in [0.25, 0.3) is 0 Å². The van der Waals surface area contributed by atoms with Gasteiger partial charge >= 0.3 is 0 Å². The zero-order valence-electron chi connectivity index (χ0n) is 7.83. The molecule has 0 aliphatic rings. The third-order valence-electron chi connectivity index (χ3n) is 1.85. The van der Waals surface area contributed by atoms with Crippen molar-refractivity contribution in [2.75, 3.05) is 0 Å². The number of carbonyl (C=O) groups is 1. The predicted octanol–water partition coefficient (Wildman–Crippen LogP) is 2.13. The Morgan fingerprint density at radius 3 is 1.73 bits per heavy atom. The quantitative estimate of drug-likeness (QED) is 0.729. The summed E-state index contributed by atoms with van der Waals surface area (Å²) in [5.41, 5.74) is 1.17. The van der Waals surface area contributed by atoms with Crippen molar-refractivity contribution in [2.24, 2.45) is 0 Å². The summed E-state index contributed by atoms with van der Waals surface area (Å²) in [5, 5.41) is 0. The number of hydrogen-bond donors (Lipinski definition) is 0. The minimum atomic E-state index is -0.0498. The van der Waals surface area contributed by atoms with Gasteiger partial charge < -0.3 is 0 Å². The van der Waals surface area contributed by atoms with E-state index in [1.807, 2.05) is 0 Å². The smallest absolute Gasteiger partial charge is 0.196 e. The van der Waals surface area contributed by atoms with Crippen LogP contribution in [0.25, 0.3) is 0 Å². The van der Waals surface area contributed by atoms with Gasteiger partial charge in [-0.3, -0.25) is 14.8 Å². The lowest BCUT2D eigenvalue weighted by Crippen LogP contribution is -2.01. The van der Waals surface area contributed by atoms with Crippen LogP contribution in [0.2, 0.25) is 0 Å². The van der Waals surface area contributed by atoms with Gasteiger partial charge in [0.1, 0.15) is 0 Å². The lowest BCUT2D eigenvalue weighted by molar-refractivity contribution is 0.103. The second kappa shape index (κ2) is 5.22. The van der Waals surface area contributed by atoms with Crippen LogP contribution in [-0.2, 0) is 0 Å². The lowest BCUT2D eigenvalue weighted by atomic mass is 10.1. The predicted molar refractivity (Wildman–Crippen MR) is 59.2 cm³/mol. The van der Waals surface area contributed by atoms with Crippen LogP contribution < -0.4 is 0 Å². The van der Waals surface area contributed by atoms with E-state index in [9.17, 15) is 4.79 Å². The van der Waals surface area contributed by atoms with Crippen molar-refractivity contribution in [3.8, 4) is 0 Å². The molecule has 76 valence electrons. The summed E-state index contributed by atoms with van der Waals surface area (Å²) in [6.45, 7) is 0. The maximum atomic E-state index is 11.8. The molecule has 4 heteroatoms. The first-order valence-corrected chi connectivity index (χ1v) is 4.22. The average molecular weight is 221 g/mol. The van der Waals surface area contributed by atoms with Gasteiger partial charge in [-0.15, -0.1) is 12.4 Å². The van der Waals surface area contributed by atoms with Crippen molar-refractivity contribution in [1.29, 1.82) is 0 Å². The minimum Gasteiger partial charge on any atom is -0.288 e. The Morgan fingerprint density at radius 2 is 1.40 bits per heavy atom. The largest absolute Gasteiger partial charge is 0.288 e. The van der Waals surface area contributed by atoms with Crippen LogP contribution in [0.15, 0.2) is 49.1 Å². The first kappa shape index (κ1) is 11.3. The Hall–Kier alpha value is -1.74. The summed E-state index contributed by atoms with van der Waals surface area (Å²) in [5.74, 6) is -0.0498. The molecule has 2 aromatic heterocycles. The van der Waals surface area contributed by atoms with Crippen molar-refractivity contribution in [3.05, 3.63) is 60.2 Å². The first-order valence-electron chi connectivity index (χ1n) is 4.22. The fourth-order valence-corrected chi connectivity index (χ4v) is 1.16. The van der Waals surface area contributed by atoms with Gasteiger partial charge in [0.05, 0.1) is 0 Å². The molecular weight excluding hydrogens is 212 g/mol. The highest BCUT2D eigenvalue weighted by atomic mass is 35.5. The summed E-state index contributed by atoms with van der Waals surface area (Å²) >= 11 is 0. The van der Waals surface area contributed by atoms with Crippen LogP contribution in [-0.4, -0.2) is 15.8 Å². The molecule has 0 N–H and O–H groups in total. The molecule has 0 saturated carbocycles. The summed E-state index contributed by atoms with van der Waals surface area (Å²) in [4.78, 5) is 19.5. The highest BCUT2D eigenvalue weighted by Gasteiger charge is 2.07. The lowest BCUT2D eigenvalue weighted by Gasteiger charge is -1.98. The molecule has 0 aliphatic carbocycles. The molecule has 15 heavy (non-hydrogen) atoms. The molecule has 3 nitrogen and oxygen atoms in total. The van der Waals surface area contributed by atoms with Gasteiger partial charge in [-0.1, -0.05) is 0 Å². The van der Waals surface area contributed by atoms with Crippen LogP contribution in [0.4, 0.5) is 0 Å². The first-order chi connectivity index (χ1) is 6.88. The summed E-state index contributed by atoms with van der Waals surface area (Å²) in [6, 6.07) is 6.96. The number of aromatic nitrogens is 2. The maximum absolute atomic E-state index is 11.8. The number of halogens is 1. The van der Waals surface area contributed by atoms with Gasteiger partial charge in [0.2, 0.25) is 0 Å². The van der Waals surface area contributed by atoms with Gasteiger partial charge in [-0.05, 0) is 24.3 Å². The topological polar surface area (TPSA) is 42.9 Å². The van der Waals surface area contributed by atoms with E-state index in [1.165, 1.54) is 0 Å². The Bertz CT molecular complexity index is 389. The highest BCUT2D eigenvalue weighted by Crippen LogP contribution is 2.06. The van der Waals surface area contributed by atoms with E-state index in [4.69, 9.17) is 0 Å². The number of rotatable bonds is 2. The van der Waals surface area contributed by atoms with Crippen LogP contribution in [0.1, 0.15) is 15.9 Å². The van der Waals surface area contributed by atoms with Gasteiger partial charge in [-0.25, -0.2) is 0 Å². The zero-order valence-corrected chi connectivity index (χ0v) is 8.65. The van der Waals surface area contributed by atoms with Crippen molar-refractivity contribution in [2.45, 2.75) is 0 Å². The van der Waals surface area contributed by atoms with E-state index in [1.54, 1.807) is 49.1 Å². The molecule has 0 aliphatic heterocycles. The van der Waals surface area contributed by atoms with Crippen molar-refractivity contribution in [1.82, 2.24) is 9.97 Å². The third-order valence-corrected chi connectivity index (χ3v) is 1.85. The van der Waals surface area contributed by atoms with E-state index in [2.05, 4.69) is 9.97 Å². The third kappa shape index (κ3) is 2.60. The van der Waals surface area contributed by atoms with E-state index in [0.717, 1.165) is 0 Å². The Kier molecular flexibility index (Phi) is 3.94. The van der Waals surface area contributed by atoms with E-state index in [0.29, 0.717) is 11.1 Å². The Morgan fingerprint density at radius 1 is 0.933 bits per heavy atom. The van der Waals surface area contributed by atoms with Crippen LogP contribution in [0.3, 0.4) is 0 Å². The Labute approximate surface area is 93.6 Å². The normalized spacial score (nSPS) is 9.07. The fourth-order valence-electron chi connectivity index (χ4n) is 1.16. The second-order valence-corrected chi connectivity index (χ2v) is 2.81. The fraction of sp³-hybridized carbons (Fsp3) is 0. The molecule has 0 amide bonds. The zero-order chi connectivity index (χ0) is 9.80. The number of hydrogen-bond acceptors (Lipinski definition) is 3. The molecule has 0 atom stereocenters. The van der Waals surface area contributed by atoms with E-state index in [-0.39, 0.29) is 18.2 Å². The number of carbonyl (C=O) groups excluding carboxylic acids is 1. The number of nitrogens with zero attached hydrogens (tertiary/aromatic N) is 2. The SMILES string of the molecule is Cl.O=C(c1cccnc1)c1cccnc1. The molecule has 0 unspecified atom stereocenters. The van der Waals surface area contributed by atoms with Crippen molar-refractivity contribution in [3.63, 3.8) is 0 Å². The monoisotopic (exact) mass is 220 g/mol. The maximum Gasteiger partial charge on any atom is 0.196 e. The summed E-state index contributed by atoms with van der Waals surface area (Å²) in [6.07, 6.45) is 6.38. The van der Waals surface area contributed by atoms with Crippen molar-refractivity contribution < 1.29 is 4.79 Å². The van der Waals surface area contributed by atoms with Gasteiger partial charge in [-0.2, -0.15) is 0 Å². The summed E-state index contributed by atoms with van der Waals surface area (Å²) < 4.78 is 0. The van der Waals surface area contributed by atoms with E-state index < -0.39 is 0 Å². The molecule has 0 bridgehead atoms. The molecular formula is C11H9ClN2O. The van der Waals surface area contributed by atoms with Gasteiger partial charge in [0.15, 0.2) is 5.78 Å². The highest BCUT2D eigenvalue weighted by molar-refractivity contribution is 6.08. The van der Waals surface area contributed by atoms with Crippen LogP contribution in [0, 0.1) is 0 Å². The molecule has 2 aromatic rings. The number of ketones is 1. The minimum absolute atomic E-state index is 0. The molecule has 2 rings (SSSR count). The second-order valence-electron chi connectivity index (χ2n) is 2.81. The molecule has 0 aromatic carbocycles. The van der Waals surface area contributed by atoms with Gasteiger partial charge in [0, 0.05) is 35.9 Å². The Balaban J connectivity index is 0.00000112. The van der Waals surface area contributed by atoms with Crippen molar-refractivity contribution >= 4 is 18.2 Å². The summed E-state index contributed by atoms with van der Waals surface area (Å²) in [7, 11) is 0.